The van der Waals surface area contributed by atoms with E-state index in [4.69, 9.17) is 10.5 Å². The molecular formula is C23H29F3N4O3S. The Hall–Kier alpha value is -2.50. The third-order valence-corrected chi connectivity index (χ3v) is 6.17. The number of nitrogens with two attached hydrogens (primary N) is 1. The number of amides is 2. The van der Waals surface area contributed by atoms with E-state index >= 15 is 0 Å². The van der Waals surface area contributed by atoms with Crippen molar-refractivity contribution in [2.75, 3.05) is 26.3 Å². The summed E-state index contributed by atoms with van der Waals surface area (Å²) in [7, 11) is 0. The summed E-state index contributed by atoms with van der Waals surface area (Å²) in [4.78, 5) is 31.1. The number of piperidine rings is 1. The summed E-state index contributed by atoms with van der Waals surface area (Å²) in [5.41, 5.74) is 5.74. The van der Waals surface area contributed by atoms with Crippen molar-refractivity contribution < 1.29 is 27.5 Å². The van der Waals surface area contributed by atoms with Crippen LogP contribution in [0, 0.1) is 5.92 Å². The molecule has 0 unspecified atom stereocenters. The van der Waals surface area contributed by atoms with Crippen LogP contribution in [0.5, 0.6) is 0 Å². The van der Waals surface area contributed by atoms with Crippen molar-refractivity contribution in [2.45, 2.75) is 44.9 Å². The number of rotatable bonds is 8. The van der Waals surface area contributed by atoms with Gasteiger partial charge in [-0.1, -0.05) is 12.1 Å². The van der Waals surface area contributed by atoms with Crippen LogP contribution in [-0.4, -0.2) is 53.5 Å². The largest absolute Gasteiger partial charge is 0.416 e. The highest BCUT2D eigenvalue weighted by Gasteiger charge is 2.30. The Labute approximate surface area is 200 Å². The average Bonchev–Trinajstić information content (AvgIpc) is 3.25. The summed E-state index contributed by atoms with van der Waals surface area (Å²) in [6.45, 7) is 4.94. The van der Waals surface area contributed by atoms with Crippen molar-refractivity contribution in [3.05, 3.63) is 40.2 Å². The summed E-state index contributed by atoms with van der Waals surface area (Å²) in [6, 6.07) is 4.81. The van der Waals surface area contributed by atoms with Crippen LogP contribution in [0.1, 0.15) is 37.3 Å². The predicted molar refractivity (Wildman–Crippen MR) is 123 cm³/mol. The zero-order chi connectivity index (χ0) is 24.9. The van der Waals surface area contributed by atoms with Crippen molar-refractivity contribution in [1.29, 1.82) is 0 Å². The van der Waals surface area contributed by atoms with Gasteiger partial charge in [-0.3, -0.25) is 9.59 Å². The molecule has 11 heteroatoms. The van der Waals surface area contributed by atoms with Crippen LogP contribution in [-0.2, 0) is 27.0 Å². The summed E-state index contributed by atoms with van der Waals surface area (Å²) in [6.07, 6.45) is -2.98. The number of benzene rings is 1. The molecule has 2 amide bonds. The first kappa shape index (κ1) is 26.1. The summed E-state index contributed by atoms with van der Waals surface area (Å²) >= 11 is 1.32. The summed E-state index contributed by atoms with van der Waals surface area (Å²) in [5, 5.41) is 5.25. The zero-order valence-corrected chi connectivity index (χ0v) is 20.0. The number of aromatic nitrogens is 1. The number of halogens is 3. The van der Waals surface area contributed by atoms with Gasteiger partial charge in [0.05, 0.1) is 30.3 Å². The van der Waals surface area contributed by atoms with Gasteiger partial charge in [0, 0.05) is 29.6 Å². The van der Waals surface area contributed by atoms with Crippen LogP contribution in [0.15, 0.2) is 29.6 Å². The molecule has 3 N–H and O–H groups in total. The van der Waals surface area contributed by atoms with Crippen LogP contribution in [0.4, 0.5) is 13.2 Å². The van der Waals surface area contributed by atoms with Crippen LogP contribution in [0.25, 0.3) is 11.3 Å². The van der Waals surface area contributed by atoms with Crippen LogP contribution >= 0.6 is 11.3 Å². The van der Waals surface area contributed by atoms with Gasteiger partial charge < -0.3 is 20.7 Å². The SMILES string of the molecule is CC(C)(N)COCC(=O)N1CCC[C@H](C(=O)NCc2nc(-c3ccc(C(F)(F)F)cc3)cs2)C1. The number of ether oxygens (including phenoxy) is 1. The molecule has 34 heavy (non-hydrogen) atoms. The minimum Gasteiger partial charge on any atom is -0.370 e. The fraction of sp³-hybridized carbons (Fsp3) is 0.522. The Morgan fingerprint density at radius 1 is 1.26 bits per heavy atom. The van der Waals surface area contributed by atoms with Crippen LogP contribution in [0.3, 0.4) is 0 Å². The van der Waals surface area contributed by atoms with Crippen LogP contribution in [0.2, 0.25) is 0 Å². The number of hydrogen-bond acceptors (Lipinski definition) is 6. The number of hydrogen-bond donors (Lipinski definition) is 2. The van der Waals surface area contributed by atoms with Gasteiger partial charge in [-0.05, 0) is 38.8 Å². The Balaban J connectivity index is 1.49. The van der Waals surface area contributed by atoms with Crippen molar-refractivity contribution in [1.82, 2.24) is 15.2 Å². The number of carbonyl (C=O) groups is 2. The molecule has 186 valence electrons. The van der Waals surface area contributed by atoms with Gasteiger partial charge in [-0.15, -0.1) is 11.3 Å². The smallest absolute Gasteiger partial charge is 0.370 e. The predicted octanol–water partition coefficient (Wildman–Crippen LogP) is 3.44. The number of likely N-dealkylation sites (tertiary alicyclic amines) is 1. The molecule has 0 bridgehead atoms. The van der Waals surface area contributed by atoms with Gasteiger partial charge in [0.1, 0.15) is 11.6 Å². The molecule has 1 aliphatic rings. The molecule has 1 aromatic heterocycles. The van der Waals surface area contributed by atoms with E-state index in [0.717, 1.165) is 18.6 Å². The quantitative estimate of drug-likeness (QED) is 0.581. The molecule has 2 aromatic rings. The molecule has 7 nitrogen and oxygen atoms in total. The highest BCUT2D eigenvalue weighted by atomic mass is 32.1. The lowest BCUT2D eigenvalue weighted by molar-refractivity contribution is -0.140. The molecule has 0 aliphatic carbocycles. The van der Waals surface area contributed by atoms with Gasteiger partial charge in [0.25, 0.3) is 0 Å². The van der Waals surface area contributed by atoms with Gasteiger partial charge in [-0.2, -0.15) is 13.2 Å². The van der Waals surface area contributed by atoms with Crippen molar-refractivity contribution >= 4 is 23.2 Å². The maximum absolute atomic E-state index is 12.7. The van der Waals surface area contributed by atoms with Gasteiger partial charge in [-0.25, -0.2) is 4.98 Å². The Bertz CT molecular complexity index is 987. The molecule has 1 aromatic carbocycles. The third-order valence-electron chi connectivity index (χ3n) is 5.32. The molecule has 2 heterocycles. The molecule has 1 aliphatic heterocycles. The lowest BCUT2D eigenvalue weighted by atomic mass is 9.97. The van der Waals surface area contributed by atoms with E-state index < -0.39 is 17.3 Å². The maximum Gasteiger partial charge on any atom is 0.416 e. The van der Waals surface area contributed by atoms with Crippen molar-refractivity contribution in [3.8, 4) is 11.3 Å². The van der Waals surface area contributed by atoms with E-state index in [-0.39, 0.29) is 37.5 Å². The van der Waals surface area contributed by atoms with Gasteiger partial charge >= 0.3 is 6.18 Å². The zero-order valence-electron chi connectivity index (χ0n) is 19.2. The average molecular weight is 499 g/mol. The number of nitrogens with zero attached hydrogens (tertiary/aromatic N) is 2. The fourth-order valence-electron chi connectivity index (χ4n) is 3.57. The van der Waals surface area contributed by atoms with Crippen molar-refractivity contribution in [2.24, 2.45) is 11.7 Å². The van der Waals surface area contributed by atoms with E-state index in [0.29, 0.717) is 35.8 Å². The van der Waals surface area contributed by atoms with Crippen molar-refractivity contribution in [3.63, 3.8) is 0 Å². The number of alkyl halides is 3. The number of carbonyl (C=O) groups excluding carboxylic acids is 2. The van der Waals surface area contributed by atoms with E-state index in [1.165, 1.54) is 23.5 Å². The highest BCUT2D eigenvalue weighted by Crippen LogP contribution is 2.31. The summed E-state index contributed by atoms with van der Waals surface area (Å²) in [5.74, 6) is -0.645. The first-order valence-corrected chi connectivity index (χ1v) is 11.8. The molecule has 3 rings (SSSR count). The lowest BCUT2D eigenvalue weighted by Crippen LogP contribution is -2.47. The minimum atomic E-state index is -4.39. The van der Waals surface area contributed by atoms with Crippen LogP contribution < -0.4 is 11.1 Å². The molecule has 1 saturated heterocycles. The van der Waals surface area contributed by atoms with E-state index in [2.05, 4.69) is 10.3 Å². The Kier molecular flexibility index (Phi) is 8.32. The topological polar surface area (TPSA) is 97.5 Å². The Morgan fingerprint density at radius 2 is 1.97 bits per heavy atom. The molecule has 0 radical (unpaired) electrons. The van der Waals surface area contributed by atoms with Gasteiger partial charge in [0.15, 0.2) is 0 Å². The second-order valence-electron chi connectivity index (χ2n) is 9.08. The number of nitrogens with one attached hydrogen (secondary N) is 1. The van der Waals surface area contributed by atoms with E-state index in [1.807, 2.05) is 13.8 Å². The first-order chi connectivity index (χ1) is 15.9. The monoisotopic (exact) mass is 498 g/mol. The summed E-state index contributed by atoms with van der Waals surface area (Å²) < 4.78 is 43.6. The minimum absolute atomic E-state index is 0.0686. The van der Waals surface area contributed by atoms with Gasteiger partial charge in [0.2, 0.25) is 11.8 Å². The first-order valence-electron chi connectivity index (χ1n) is 11.0. The molecule has 0 saturated carbocycles. The fourth-order valence-corrected chi connectivity index (χ4v) is 4.32. The highest BCUT2D eigenvalue weighted by molar-refractivity contribution is 7.09. The molecule has 0 spiro atoms. The third kappa shape index (κ3) is 7.51. The number of thiazole rings is 1. The normalized spacial score (nSPS) is 17.0. The van der Waals surface area contributed by atoms with E-state index in [9.17, 15) is 22.8 Å². The standard InChI is InChI=1S/C23H29F3N4O3S/c1-22(2,27)14-33-12-20(31)30-9-3-4-16(11-30)21(32)28-10-19-29-18(13-34-19)15-5-7-17(8-6-15)23(24,25)26/h5-8,13,16H,3-4,9-12,14,27H2,1-2H3,(H,28,32)/t16-/m0/s1. The molecule has 1 atom stereocenters. The molecule has 1 fully saturated rings. The lowest BCUT2D eigenvalue weighted by Gasteiger charge is -2.32. The van der Waals surface area contributed by atoms with E-state index in [1.54, 1.807) is 10.3 Å². The Morgan fingerprint density at radius 3 is 2.62 bits per heavy atom. The maximum atomic E-state index is 12.7. The molecular weight excluding hydrogens is 469 g/mol. The second kappa shape index (κ2) is 10.8. The second-order valence-corrected chi connectivity index (χ2v) is 10.0.